The Morgan fingerprint density at radius 1 is 1.12 bits per heavy atom. The average Bonchev–Trinajstić information content (AvgIpc) is 2.23. The first-order valence-electron chi connectivity index (χ1n) is 4.51. The summed E-state index contributed by atoms with van der Waals surface area (Å²) < 4.78 is 25.9. The van der Waals surface area contributed by atoms with Crippen molar-refractivity contribution in [2.45, 2.75) is 6.92 Å². The van der Waals surface area contributed by atoms with E-state index in [2.05, 4.69) is 9.97 Å². The highest BCUT2D eigenvalue weighted by Crippen LogP contribution is 2.28. The highest BCUT2D eigenvalue weighted by Gasteiger charge is 2.11. The van der Waals surface area contributed by atoms with Crippen LogP contribution in [0.15, 0.2) is 24.5 Å². The maximum atomic E-state index is 13.1. The Bertz CT molecular complexity index is 544. The summed E-state index contributed by atoms with van der Waals surface area (Å²) >= 11 is 5.81. The quantitative estimate of drug-likeness (QED) is 0.714. The van der Waals surface area contributed by atoms with E-state index in [9.17, 15) is 8.78 Å². The van der Waals surface area contributed by atoms with Crippen LogP contribution in [-0.2, 0) is 0 Å². The lowest BCUT2D eigenvalue weighted by Crippen LogP contribution is -1.92. The fourth-order valence-corrected chi connectivity index (χ4v) is 1.56. The van der Waals surface area contributed by atoms with Crippen LogP contribution in [0.2, 0.25) is 5.02 Å². The van der Waals surface area contributed by atoms with Crippen LogP contribution in [0.25, 0.3) is 11.3 Å². The van der Waals surface area contributed by atoms with Crippen LogP contribution in [0.5, 0.6) is 0 Å². The third-order valence-corrected chi connectivity index (χ3v) is 2.35. The van der Waals surface area contributed by atoms with Crippen molar-refractivity contribution in [3.8, 4) is 11.3 Å². The zero-order valence-corrected chi connectivity index (χ0v) is 9.09. The molecular formula is C11H7ClF2N2. The van der Waals surface area contributed by atoms with Gasteiger partial charge in [-0.05, 0) is 19.1 Å². The van der Waals surface area contributed by atoms with E-state index in [1.807, 2.05) is 0 Å². The van der Waals surface area contributed by atoms with E-state index < -0.39 is 11.6 Å². The number of halogens is 3. The van der Waals surface area contributed by atoms with E-state index in [1.165, 1.54) is 6.20 Å². The predicted molar refractivity (Wildman–Crippen MR) is 57.1 cm³/mol. The average molecular weight is 241 g/mol. The highest BCUT2D eigenvalue weighted by molar-refractivity contribution is 6.33. The van der Waals surface area contributed by atoms with Crippen molar-refractivity contribution in [3.05, 3.63) is 46.9 Å². The van der Waals surface area contributed by atoms with Crippen molar-refractivity contribution in [1.29, 1.82) is 0 Å². The van der Waals surface area contributed by atoms with Crippen molar-refractivity contribution in [2.75, 3.05) is 0 Å². The second-order valence-corrected chi connectivity index (χ2v) is 3.70. The molecule has 0 N–H and O–H groups in total. The smallest absolute Gasteiger partial charge is 0.160 e. The number of benzene rings is 1. The minimum Gasteiger partial charge on any atom is -0.261 e. The molecule has 1 heterocycles. The van der Waals surface area contributed by atoms with Crippen LogP contribution in [0.4, 0.5) is 8.78 Å². The summed E-state index contributed by atoms with van der Waals surface area (Å²) in [4.78, 5) is 8.06. The van der Waals surface area contributed by atoms with Gasteiger partial charge in [-0.3, -0.25) is 4.98 Å². The van der Waals surface area contributed by atoms with Crippen LogP contribution in [0, 0.1) is 18.6 Å². The van der Waals surface area contributed by atoms with Gasteiger partial charge in [0, 0.05) is 11.8 Å². The molecule has 0 fully saturated rings. The number of aryl methyl sites for hydroxylation is 1. The van der Waals surface area contributed by atoms with Crippen molar-refractivity contribution < 1.29 is 8.78 Å². The lowest BCUT2D eigenvalue weighted by molar-refractivity contribution is 0.509. The predicted octanol–water partition coefficient (Wildman–Crippen LogP) is 3.38. The van der Waals surface area contributed by atoms with Gasteiger partial charge in [0.1, 0.15) is 0 Å². The molecule has 0 amide bonds. The first-order valence-corrected chi connectivity index (χ1v) is 4.89. The minimum absolute atomic E-state index is 0.110. The molecular weight excluding hydrogens is 234 g/mol. The summed E-state index contributed by atoms with van der Waals surface area (Å²) in [5.74, 6) is -1.93. The minimum atomic E-state index is -0.977. The Morgan fingerprint density at radius 3 is 2.50 bits per heavy atom. The molecule has 0 aliphatic rings. The summed E-state index contributed by atoms with van der Waals surface area (Å²) in [6, 6.07) is 1.94. The normalized spacial score (nSPS) is 10.5. The molecule has 0 aliphatic heterocycles. The van der Waals surface area contributed by atoms with Crippen molar-refractivity contribution in [2.24, 2.45) is 0 Å². The summed E-state index contributed by atoms with van der Waals surface area (Å²) in [6.07, 6.45) is 3.02. The number of rotatable bonds is 1. The van der Waals surface area contributed by atoms with Gasteiger partial charge in [-0.25, -0.2) is 13.8 Å². The van der Waals surface area contributed by atoms with Crippen LogP contribution >= 0.6 is 11.6 Å². The second-order valence-electron chi connectivity index (χ2n) is 3.29. The number of hydrogen-bond donors (Lipinski definition) is 0. The highest BCUT2D eigenvalue weighted by atomic mass is 35.5. The van der Waals surface area contributed by atoms with Gasteiger partial charge in [-0.2, -0.15) is 0 Å². The van der Waals surface area contributed by atoms with Crippen LogP contribution in [0.1, 0.15) is 5.69 Å². The first-order chi connectivity index (χ1) is 7.58. The van der Waals surface area contributed by atoms with Crippen molar-refractivity contribution >= 4 is 11.6 Å². The van der Waals surface area contributed by atoms with Crippen molar-refractivity contribution in [3.63, 3.8) is 0 Å². The molecule has 0 spiro atoms. The molecule has 1 aromatic heterocycles. The lowest BCUT2D eigenvalue weighted by Gasteiger charge is -2.04. The Hall–Kier alpha value is -1.55. The number of nitrogens with zero attached hydrogens (tertiary/aromatic N) is 2. The summed E-state index contributed by atoms with van der Waals surface area (Å²) in [5, 5.41) is 0.110. The SMILES string of the molecule is Cc1cncc(-c2cc(F)c(F)cc2Cl)n1. The van der Waals surface area contributed by atoms with Gasteiger partial charge in [-0.15, -0.1) is 0 Å². The molecule has 0 radical (unpaired) electrons. The van der Waals surface area contributed by atoms with Crippen LogP contribution < -0.4 is 0 Å². The summed E-state index contributed by atoms with van der Waals surface area (Å²) in [5.41, 5.74) is 1.43. The van der Waals surface area contributed by atoms with E-state index in [0.717, 1.165) is 12.1 Å². The third kappa shape index (κ3) is 2.02. The zero-order valence-electron chi connectivity index (χ0n) is 8.34. The molecule has 0 bridgehead atoms. The van der Waals surface area contributed by atoms with Gasteiger partial charge in [0.2, 0.25) is 0 Å². The number of aromatic nitrogens is 2. The van der Waals surface area contributed by atoms with Gasteiger partial charge in [-0.1, -0.05) is 11.6 Å². The van der Waals surface area contributed by atoms with E-state index in [-0.39, 0.29) is 5.02 Å². The Kier molecular flexibility index (Phi) is 2.83. The van der Waals surface area contributed by atoms with Gasteiger partial charge in [0.15, 0.2) is 11.6 Å². The Labute approximate surface area is 95.9 Å². The topological polar surface area (TPSA) is 25.8 Å². The fraction of sp³-hybridized carbons (Fsp3) is 0.0909. The molecule has 0 atom stereocenters. The maximum absolute atomic E-state index is 13.1. The van der Waals surface area contributed by atoms with E-state index in [1.54, 1.807) is 13.1 Å². The standard InChI is InChI=1S/C11H7ClF2N2/c1-6-4-15-5-11(16-6)7-2-9(13)10(14)3-8(7)12/h2-5H,1H3. The van der Waals surface area contributed by atoms with Crippen LogP contribution in [0.3, 0.4) is 0 Å². The maximum Gasteiger partial charge on any atom is 0.160 e. The molecule has 82 valence electrons. The molecule has 16 heavy (non-hydrogen) atoms. The molecule has 2 rings (SSSR count). The zero-order chi connectivity index (χ0) is 11.7. The fourth-order valence-electron chi connectivity index (χ4n) is 1.31. The molecule has 0 unspecified atom stereocenters. The summed E-state index contributed by atoms with van der Waals surface area (Å²) in [6.45, 7) is 1.75. The van der Waals surface area contributed by atoms with E-state index in [0.29, 0.717) is 17.0 Å². The van der Waals surface area contributed by atoms with Gasteiger partial charge >= 0.3 is 0 Å². The molecule has 0 aliphatic carbocycles. The molecule has 1 aromatic carbocycles. The van der Waals surface area contributed by atoms with Crippen molar-refractivity contribution in [1.82, 2.24) is 9.97 Å². The molecule has 0 saturated heterocycles. The summed E-state index contributed by atoms with van der Waals surface area (Å²) in [7, 11) is 0. The van der Waals surface area contributed by atoms with Crippen LogP contribution in [-0.4, -0.2) is 9.97 Å². The second kappa shape index (κ2) is 4.14. The molecule has 5 heteroatoms. The Balaban J connectivity index is 2.60. The molecule has 0 saturated carbocycles. The van der Waals surface area contributed by atoms with Gasteiger partial charge in [0.25, 0.3) is 0 Å². The Morgan fingerprint density at radius 2 is 1.81 bits per heavy atom. The molecule has 2 nitrogen and oxygen atoms in total. The van der Waals surface area contributed by atoms with E-state index >= 15 is 0 Å². The van der Waals surface area contributed by atoms with Gasteiger partial charge in [0.05, 0.1) is 22.6 Å². The molecule has 2 aromatic rings. The lowest BCUT2D eigenvalue weighted by atomic mass is 10.1. The van der Waals surface area contributed by atoms with Gasteiger partial charge < -0.3 is 0 Å². The number of hydrogen-bond acceptors (Lipinski definition) is 2. The third-order valence-electron chi connectivity index (χ3n) is 2.04. The monoisotopic (exact) mass is 240 g/mol. The van der Waals surface area contributed by atoms with E-state index in [4.69, 9.17) is 11.6 Å². The largest absolute Gasteiger partial charge is 0.261 e. The first kappa shape index (κ1) is 11.0.